The maximum absolute atomic E-state index is 5.84. The molecule has 2 aliphatic carbocycles. The van der Waals surface area contributed by atoms with Crippen molar-refractivity contribution < 1.29 is 0 Å². The Morgan fingerprint density at radius 2 is 1.84 bits per heavy atom. The summed E-state index contributed by atoms with van der Waals surface area (Å²) < 4.78 is 0. The van der Waals surface area contributed by atoms with E-state index in [9.17, 15) is 0 Å². The van der Waals surface area contributed by atoms with Crippen LogP contribution in [-0.2, 0) is 12.8 Å². The highest BCUT2D eigenvalue weighted by molar-refractivity contribution is 5.39. The van der Waals surface area contributed by atoms with Crippen molar-refractivity contribution in [2.45, 2.75) is 57.4 Å². The van der Waals surface area contributed by atoms with Crippen molar-refractivity contribution in [2.75, 3.05) is 0 Å². The van der Waals surface area contributed by atoms with Crippen molar-refractivity contribution in [1.29, 1.82) is 0 Å². The zero-order valence-corrected chi connectivity index (χ0v) is 11.6. The van der Waals surface area contributed by atoms with Crippen LogP contribution in [0.25, 0.3) is 0 Å². The Morgan fingerprint density at radius 1 is 0.947 bits per heavy atom. The van der Waals surface area contributed by atoms with E-state index in [4.69, 9.17) is 5.84 Å². The molecule has 1 unspecified atom stereocenters. The number of benzene rings is 1. The molecule has 0 fully saturated rings. The van der Waals surface area contributed by atoms with Gasteiger partial charge in [-0.05, 0) is 61.6 Å². The van der Waals surface area contributed by atoms with Gasteiger partial charge in [-0.2, -0.15) is 0 Å². The molecule has 19 heavy (non-hydrogen) atoms. The van der Waals surface area contributed by atoms with Crippen LogP contribution in [0, 0.1) is 0 Å². The minimum absolute atomic E-state index is 0.212. The zero-order chi connectivity index (χ0) is 13.1. The monoisotopic (exact) mass is 256 g/mol. The normalized spacial score (nSPS) is 20.6. The molecule has 0 spiro atoms. The van der Waals surface area contributed by atoms with E-state index in [1.165, 1.54) is 73.6 Å². The van der Waals surface area contributed by atoms with Gasteiger partial charge < -0.3 is 0 Å². The number of fused-ring (bicyclic) bond motifs is 1. The van der Waals surface area contributed by atoms with Crippen LogP contribution in [0.1, 0.15) is 61.3 Å². The first kappa shape index (κ1) is 12.9. The molecule has 2 heteroatoms. The molecule has 102 valence electrons. The molecule has 0 aromatic heterocycles. The lowest BCUT2D eigenvalue weighted by atomic mass is 9.93. The van der Waals surface area contributed by atoms with Crippen LogP contribution in [0.3, 0.4) is 0 Å². The van der Waals surface area contributed by atoms with E-state index in [1.807, 2.05) is 0 Å². The smallest absolute Gasteiger partial charge is 0.0670 e. The molecule has 0 radical (unpaired) electrons. The van der Waals surface area contributed by atoms with Crippen LogP contribution in [0.15, 0.2) is 29.8 Å². The number of allylic oxidation sites excluding steroid dienone is 1. The summed E-state index contributed by atoms with van der Waals surface area (Å²) in [6, 6.07) is 7.15. The van der Waals surface area contributed by atoms with Gasteiger partial charge >= 0.3 is 0 Å². The Labute approximate surface area is 116 Å². The van der Waals surface area contributed by atoms with E-state index in [0.717, 1.165) is 0 Å². The van der Waals surface area contributed by atoms with Crippen LogP contribution in [0.2, 0.25) is 0 Å². The van der Waals surface area contributed by atoms with Gasteiger partial charge in [-0.15, -0.1) is 0 Å². The Morgan fingerprint density at radius 3 is 2.74 bits per heavy atom. The Balaban J connectivity index is 1.87. The van der Waals surface area contributed by atoms with E-state index in [1.54, 1.807) is 0 Å². The van der Waals surface area contributed by atoms with Crippen LogP contribution in [-0.4, -0.2) is 0 Å². The minimum Gasteiger partial charge on any atom is -0.271 e. The second-order valence-corrected chi connectivity index (χ2v) is 5.86. The van der Waals surface area contributed by atoms with Crippen molar-refractivity contribution in [1.82, 2.24) is 5.43 Å². The summed E-state index contributed by atoms with van der Waals surface area (Å²) in [5, 5.41) is 0. The SMILES string of the molecule is NNC(C1=CCCCCC1)c1ccc2c(c1)CCC2. The maximum Gasteiger partial charge on any atom is 0.0670 e. The minimum atomic E-state index is 0.212. The highest BCUT2D eigenvalue weighted by atomic mass is 15.2. The molecular formula is C17H24N2. The van der Waals surface area contributed by atoms with Crippen molar-refractivity contribution in [2.24, 2.45) is 5.84 Å². The van der Waals surface area contributed by atoms with E-state index in [2.05, 4.69) is 29.7 Å². The fourth-order valence-corrected chi connectivity index (χ4v) is 3.49. The first-order valence-corrected chi connectivity index (χ1v) is 7.65. The number of hydrazine groups is 1. The second kappa shape index (κ2) is 5.89. The highest BCUT2D eigenvalue weighted by Gasteiger charge is 2.19. The number of hydrogen-bond donors (Lipinski definition) is 2. The molecule has 1 atom stereocenters. The lowest BCUT2D eigenvalue weighted by molar-refractivity contribution is 0.592. The molecular weight excluding hydrogens is 232 g/mol. The highest BCUT2D eigenvalue weighted by Crippen LogP contribution is 2.31. The van der Waals surface area contributed by atoms with Crippen LogP contribution < -0.4 is 11.3 Å². The number of aryl methyl sites for hydroxylation is 2. The average Bonchev–Trinajstić information content (AvgIpc) is 2.74. The number of hydrogen-bond acceptors (Lipinski definition) is 2. The predicted molar refractivity (Wildman–Crippen MR) is 79.7 cm³/mol. The number of rotatable bonds is 3. The van der Waals surface area contributed by atoms with E-state index in [0.29, 0.717) is 0 Å². The lowest BCUT2D eigenvalue weighted by Gasteiger charge is -2.20. The molecule has 1 aromatic rings. The van der Waals surface area contributed by atoms with Gasteiger partial charge in [0.1, 0.15) is 0 Å². The first-order valence-electron chi connectivity index (χ1n) is 7.65. The standard InChI is InChI=1S/C17H24N2/c18-19-17(14-6-3-1-2-4-7-14)16-11-10-13-8-5-9-15(13)12-16/h6,10-12,17,19H,1-5,7-9,18H2. The van der Waals surface area contributed by atoms with Gasteiger partial charge in [0, 0.05) is 0 Å². The Bertz CT molecular complexity index is 476. The molecule has 3 N–H and O–H groups in total. The zero-order valence-electron chi connectivity index (χ0n) is 11.6. The third-order valence-electron chi connectivity index (χ3n) is 4.57. The van der Waals surface area contributed by atoms with Crippen LogP contribution in [0.5, 0.6) is 0 Å². The van der Waals surface area contributed by atoms with Crippen molar-refractivity contribution in [3.8, 4) is 0 Å². The first-order chi connectivity index (χ1) is 9.38. The third kappa shape index (κ3) is 2.75. The third-order valence-corrected chi connectivity index (χ3v) is 4.57. The van der Waals surface area contributed by atoms with Crippen LogP contribution in [0.4, 0.5) is 0 Å². The Kier molecular flexibility index (Phi) is 4.00. The number of nitrogens with one attached hydrogen (secondary N) is 1. The fraction of sp³-hybridized carbons (Fsp3) is 0.529. The summed E-state index contributed by atoms with van der Waals surface area (Å²) in [5.41, 5.74) is 8.94. The molecule has 0 bridgehead atoms. The summed E-state index contributed by atoms with van der Waals surface area (Å²) in [4.78, 5) is 0. The second-order valence-electron chi connectivity index (χ2n) is 5.86. The van der Waals surface area contributed by atoms with E-state index in [-0.39, 0.29) is 6.04 Å². The molecule has 3 rings (SSSR count). The van der Waals surface area contributed by atoms with Gasteiger partial charge in [-0.3, -0.25) is 5.84 Å². The van der Waals surface area contributed by atoms with Crippen molar-refractivity contribution in [3.05, 3.63) is 46.5 Å². The van der Waals surface area contributed by atoms with Crippen LogP contribution >= 0.6 is 0 Å². The van der Waals surface area contributed by atoms with Gasteiger partial charge in [0.15, 0.2) is 0 Å². The van der Waals surface area contributed by atoms with Crippen molar-refractivity contribution >= 4 is 0 Å². The molecule has 2 aliphatic rings. The van der Waals surface area contributed by atoms with Gasteiger partial charge in [0.25, 0.3) is 0 Å². The summed E-state index contributed by atoms with van der Waals surface area (Å²) in [6.07, 6.45) is 12.6. The molecule has 1 aromatic carbocycles. The predicted octanol–water partition coefficient (Wildman–Crippen LogP) is 3.57. The average molecular weight is 256 g/mol. The largest absolute Gasteiger partial charge is 0.271 e. The quantitative estimate of drug-likeness (QED) is 0.493. The van der Waals surface area contributed by atoms with E-state index >= 15 is 0 Å². The van der Waals surface area contributed by atoms with Gasteiger partial charge in [0.05, 0.1) is 6.04 Å². The topological polar surface area (TPSA) is 38.0 Å². The summed E-state index contributed by atoms with van der Waals surface area (Å²) >= 11 is 0. The van der Waals surface area contributed by atoms with Gasteiger partial charge in [0.2, 0.25) is 0 Å². The summed E-state index contributed by atoms with van der Waals surface area (Å²) in [6.45, 7) is 0. The molecule has 0 heterocycles. The van der Waals surface area contributed by atoms with Gasteiger partial charge in [-0.1, -0.05) is 36.3 Å². The molecule has 0 aliphatic heterocycles. The number of nitrogens with two attached hydrogens (primary N) is 1. The molecule has 2 nitrogen and oxygen atoms in total. The fourth-order valence-electron chi connectivity index (χ4n) is 3.49. The van der Waals surface area contributed by atoms with E-state index < -0.39 is 0 Å². The van der Waals surface area contributed by atoms with Crippen molar-refractivity contribution in [3.63, 3.8) is 0 Å². The molecule has 0 saturated carbocycles. The Hall–Kier alpha value is -1.12. The summed E-state index contributed by atoms with van der Waals surface area (Å²) in [7, 11) is 0. The molecule has 0 amide bonds. The van der Waals surface area contributed by atoms with Gasteiger partial charge in [-0.25, -0.2) is 5.43 Å². The maximum atomic E-state index is 5.84. The molecule has 0 saturated heterocycles. The summed E-state index contributed by atoms with van der Waals surface area (Å²) in [5.74, 6) is 5.84. The lowest BCUT2D eigenvalue weighted by Crippen LogP contribution is -2.29.